The van der Waals surface area contributed by atoms with Gasteiger partial charge in [-0.05, 0) is 115 Å². The summed E-state index contributed by atoms with van der Waals surface area (Å²) >= 11 is 1.65. The Bertz CT molecular complexity index is 1400. The molecule has 230 valence electrons. The van der Waals surface area contributed by atoms with Crippen LogP contribution < -0.4 is 14.8 Å². The highest BCUT2D eigenvalue weighted by atomic mass is 32.1. The number of unbranched alkanes of at least 4 members (excludes halogenated alkanes) is 3. The maximum Gasteiger partial charge on any atom is 0.303 e. The number of thiophene rings is 1. The Kier molecular flexibility index (Phi) is 12.0. The number of carbonyl (C=O) groups excluding carboxylic acids is 1. The number of rotatable bonds is 19. The molecule has 8 nitrogen and oxygen atoms in total. The van der Waals surface area contributed by atoms with Crippen LogP contribution in [-0.2, 0) is 22.4 Å². The van der Waals surface area contributed by atoms with Crippen molar-refractivity contribution in [1.29, 1.82) is 0 Å². The summed E-state index contributed by atoms with van der Waals surface area (Å²) in [6.07, 6.45) is 7.50. The molecule has 4 rings (SSSR count). The summed E-state index contributed by atoms with van der Waals surface area (Å²) in [4.78, 5) is 34.8. The van der Waals surface area contributed by atoms with Crippen LogP contribution >= 0.6 is 11.3 Å². The molecule has 43 heavy (non-hydrogen) atoms. The third kappa shape index (κ3) is 10.4. The monoisotopic (exact) mass is 607 g/mol. The van der Waals surface area contributed by atoms with Crippen molar-refractivity contribution >= 4 is 29.2 Å². The molecule has 2 aromatic carbocycles. The summed E-state index contributed by atoms with van der Waals surface area (Å²) in [5.74, 6) is -0.440. The lowest BCUT2D eigenvalue weighted by molar-refractivity contribution is -0.138. The van der Waals surface area contributed by atoms with Gasteiger partial charge in [-0.3, -0.25) is 14.4 Å². The fourth-order valence-electron chi connectivity index (χ4n) is 4.98. The predicted molar refractivity (Wildman–Crippen MR) is 167 cm³/mol. The first-order valence-electron chi connectivity index (χ1n) is 15.1. The first-order valence-corrected chi connectivity index (χ1v) is 16.0. The molecule has 1 aliphatic carbocycles. The molecule has 3 aromatic rings. The van der Waals surface area contributed by atoms with Gasteiger partial charge in [0.05, 0.1) is 13.2 Å². The van der Waals surface area contributed by atoms with E-state index in [1.165, 1.54) is 5.56 Å². The number of benzene rings is 2. The van der Waals surface area contributed by atoms with Gasteiger partial charge in [0, 0.05) is 24.4 Å². The van der Waals surface area contributed by atoms with Gasteiger partial charge in [0.1, 0.15) is 11.5 Å². The fourth-order valence-corrected chi connectivity index (χ4v) is 5.84. The largest absolute Gasteiger partial charge is 0.494 e. The zero-order valence-electron chi connectivity index (χ0n) is 24.7. The van der Waals surface area contributed by atoms with Crippen molar-refractivity contribution in [1.82, 2.24) is 5.32 Å². The molecule has 0 atom stereocenters. The number of carboxylic acids is 2. The van der Waals surface area contributed by atoms with Gasteiger partial charge in [-0.15, -0.1) is 0 Å². The first-order chi connectivity index (χ1) is 20.8. The molecule has 1 aliphatic rings. The molecule has 0 unspecified atom stereocenters. The van der Waals surface area contributed by atoms with Gasteiger partial charge in [0.25, 0.3) is 5.91 Å². The van der Waals surface area contributed by atoms with Crippen LogP contribution in [-0.4, -0.2) is 47.3 Å². The number of aliphatic carboxylic acids is 2. The van der Waals surface area contributed by atoms with Crippen molar-refractivity contribution in [3.05, 3.63) is 69.4 Å². The fraction of sp³-hybridized carbons (Fsp3) is 0.441. The van der Waals surface area contributed by atoms with E-state index in [9.17, 15) is 19.5 Å². The number of hydrogen-bond acceptors (Lipinski definition) is 6. The summed E-state index contributed by atoms with van der Waals surface area (Å²) in [7, 11) is 0. The van der Waals surface area contributed by atoms with Crippen LogP contribution in [0.4, 0.5) is 0 Å². The molecule has 0 saturated heterocycles. The Hall–Kier alpha value is -3.85. The molecule has 1 heterocycles. The van der Waals surface area contributed by atoms with E-state index in [1.807, 2.05) is 36.4 Å². The molecule has 1 fully saturated rings. The molecule has 0 bridgehead atoms. The van der Waals surface area contributed by atoms with Crippen molar-refractivity contribution in [3.8, 4) is 22.6 Å². The first kappa shape index (κ1) is 32.1. The minimum Gasteiger partial charge on any atom is -0.494 e. The third-order valence-electron chi connectivity index (χ3n) is 7.47. The van der Waals surface area contributed by atoms with Gasteiger partial charge in [-0.1, -0.05) is 25.0 Å². The van der Waals surface area contributed by atoms with Crippen molar-refractivity contribution < 1.29 is 34.1 Å². The van der Waals surface area contributed by atoms with E-state index in [0.29, 0.717) is 36.5 Å². The van der Waals surface area contributed by atoms with Crippen molar-refractivity contribution in [2.45, 2.75) is 83.6 Å². The minimum atomic E-state index is -0.864. The quantitative estimate of drug-likeness (QED) is 0.125. The van der Waals surface area contributed by atoms with Crippen LogP contribution in [0.1, 0.15) is 84.8 Å². The average molecular weight is 608 g/mol. The van der Waals surface area contributed by atoms with E-state index in [1.54, 1.807) is 11.3 Å². The lowest BCUT2D eigenvalue weighted by atomic mass is 9.97. The molecule has 3 N–H and O–H groups in total. The molecule has 0 radical (unpaired) electrons. The van der Waals surface area contributed by atoms with E-state index in [0.717, 1.165) is 67.2 Å². The Labute approximate surface area is 257 Å². The lowest BCUT2D eigenvalue weighted by Gasteiger charge is -2.15. The van der Waals surface area contributed by atoms with Crippen molar-refractivity contribution in [2.24, 2.45) is 0 Å². The second-order valence-electron chi connectivity index (χ2n) is 11.1. The SMILES string of the molecule is Cc1cscc1-c1cc(OCCCCCCc2cccc(OCCCC(=O)O)c2CCC(=O)O)cc(C(=O)NC2CC2)c1. The topological polar surface area (TPSA) is 122 Å². The van der Waals surface area contributed by atoms with Crippen LogP contribution in [0.2, 0.25) is 0 Å². The molecule has 0 aliphatic heterocycles. The molecular weight excluding hydrogens is 566 g/mol. The number of ether oxygens (including phenoxy) is 2. The zero-order chi connectivity index (χ0) is 30.6. The number of carboxylic acid groups (broad SMARTS) is 2. The standard InChI is InChI=1S/C34H41NO7S/c1-23-21-43-22-30(23)25-18-26(34(40)35-27-12-13-27)20-28(19-25)41-16-5-3-2-4-8-24-9-6-10-31(29(24)14-15-33(38)39)42-17-7-11-32(36)37/h6,9-10,18-22,27H,2-5,7-8,11-17H2,1H3,(H,35,40)(H,36,37)(H,38,39). The highest BCUT2D eigenvalue weighted by Crippen LogP contribution is 2.32. The van der Waals surface area contributed by atoms with Crippen LogP contribution in [0.3, 0.4) is 0 Å². The van der Waals surface area contributed by atoms with E-state index >= 15 is 0 Å². The van der Waals surface area contributed by atoms with Gasteiger partial charge >= 0.3 is 11.9 Å². The summed E-state index contributed by atoms with van der Waals surface area (Å²) in [6.45, 7) is 2.90. The third-order valence-corrected chi connectivity index (χ3v) is 8.33. The summed E-state index contributed by atoms with van der Waals surface area (Å²) < 4.78 is 12.0. The summed E-state index contributed by atoms with van der Waals surface area (Å²) in [5, 5.41) is 25.4. The lowest BCUT2D eigenvalue weighted by Crippen LogP contribution is -2.25. The van der Waals surface area contributed by atoms with Crippen LogP contribution in [0.5, 0.6) is 11.5 Å². The van der Waals surface area contributed by atoms with Gasteiger partial charge in [-0.25, -0.2) is 0 Å². The van der Waals surface area contributed by atoms with Crippen molar-refractivity contribution in [2.75, 3.05) is 13.2 Å². The highest BCUT2D eigenvalue weighted by molar-refractivity contribution is 7.08. The van der Waals surface area contributed by atoms with Gasteiger partial charge in [-0.2, -0.15) is 11.3 Å². The van der Waals surface area contributed by atoms with Crippen LogP contribution in [0.15, 0.2) is 47.2 Å². The number of aryl methyl sites for hydroxylation is 2. The Morgan fingerprint density at radius 2 is 1.65 bits per heavy atom. The highest BCUT2D eigenvalue weighted by Gasteiger charge is 2.24. The Morgan fingerprint density at radius 3 is 2.37 bits per heavy atom. The summed E-state index contributed by atoms with van der Waals surface area (Å²) in [5.41, 5.74) is 5.88. The number of amides is 1. The number of carbonyl (C=O) groups is 3. The normalized spacial score (nSPS) is 12.6. The molecule has 9 heteroatoms. The second kappa shape index (κ2) is 16.1. The smallest absolute Gasteiger partial charge is 0.303 e. The molecule has 1 amide bonds. The molecular formula is C34H41NO7S. The maximum atomic E-state index is 12.8. The average Bonchev–Trinajstić information content (AvgIpc) is 3.69. The number of nitrogens with one attached hydrogen (secondary N) is 1. The number of hydrogen-bond donors (Lipinski definition) is 3. The Balaban J connectivity index is 1.27. The van der Waals surface area contributed by atoms with Gasteiger partial charge in [0.2, 0.25) is 0 Å². The van der Waals surface area contributed by atoms with Crippen LogP contribution in [0.25, 0.3) is 11.1 Å². The minimum absolute atomic E-state index is 0.0109. The maximum absolute atomic E-state index is 12.8. The van der Waals surface area contributed by atoms with Gasteiger partial charge < -0.3 is 25.0 Å². The predicted octanol–water partition coefficient (Wildman–Crippen LogP) is 7.06. The van der Waals surface area contributed by atoms with E-state index in [4.69, 9.17) is 14.6 Å². The molecule has 0 spiro atoms. The molecule has 1 saturated carbocycles. The van der Waals surface area contributed by atoms with E-state index < -0.39 is 11.9 Å². The zero-order valence-corrected chi connectivity index (χ0v) is 25.5. The van der Waals surface area contributed by atoms with Gasteiger partial charge in [0.15, 0.2) is 0 Å². The van der Waals surface area contributed by atoms with Crippen LogP contribution in [0, 0.1) is 6.92 Å². The Morgan fingerprint density at radius 1 is 0.884 bits per heavy atom. The second-order valence-corrected chi connectivity index (χ2v) is 11.9. The molecule has 1 aromatic heterocycles. The summed E-state index contributed by atoms with van der Waals surface area (Å²) in [6, 6.07) is 11.8. The van der Waals surface area contributed by atoms with E-state index in [-0.39, 0.29) is 31.4 Å². The van der Waals surface area contributed by atoms with E-state index in [2.05, 4.69) is 23.0 Å². The van der Waals surface area contributed by atoms with Crippen molar-refractivity contribution in [3.63, 3.8) is 0 Å².